The van der Waals surface area contributed by atoms with Gasteiger partial charge in [0.15, 0.2) is 0 Å². The molecule has 0 aliphatic heterocycles. The minimum Gasteiger partial charge on any atom is -0.310 e. The summed E-state index contributed by atoms with van der Waals surface area (Å²) in [6.45, 7) is 7.45. The molecule has 0 fully saturated rings. The molecular weight excluding hydrogens is 206 g/mol. The third kappa shape index (κ3) is 4.63. The van der Waals surface area contributed by atoms with Gasteiger partial charge in [-0.1, -0.05) is 36.2 Å². The number of aryl methyl sites for hydroxylation is 2. The van der Waals surface area contributed by atoms with E-state index in [0.717, 1.165) is 25.8 Å². The van der Waals surface area contributed by atoms with Crippen LogP contribution in [0.4, 0.5) is 0 Å². The van der Waals surface area contributed by atoms with Crippen LogP contribution >= 0.6 is 0 Å². The van der Waals surface area contributed by atoms with E-state index in [0.29, 0.717) is 6.04 Å². The summed E-state index contributed by atoms with van der Waals surface area (Å²) in [5, 5.41) is 3.54. The van der Waals surface area contributed by atoms with E-state index in [2.05, 4.69) is 50.2 Å². The van der Waals surface area contributed by atoms with Crippen molar-refractivity contribution in [2.75, 3.05) is 6.54 Å². The molecule has 0 amide bonds. The Labute approximate surface area is 106 Å². The van der Waals surface area contributed by atoms with Crippen LogP contribution in [0.2, 0.25) is 0 Å². The molecule has 0 aromatic heterocycles. The standard InChI is InChI=1S/C16H23N/c1-5-7-8-9-16(17-6-2)15-11-13(3)10-14(4)12-15/h1,10-12,16-17H,6-9H2,2-4H3. The lowest BCUT2D eigenvalue weighted by molar-refractivity contribution is 0.501. The Kier molecular flexibility index (Phi) is 5.80. The van der Waals surface area contributed by atoms with Gasteiger partial charge in [-0.15, -0.1) is 12.3 Å². The lowest BCUT2D eigenvalue weighted by atomic mass is 9.97. The van der Waals surface area contributed by atoms with Gasteiger partial charge in [-0.05, 0) is 38.8 Å². The minimum absolute atomic E-state index is 0.437. The highest BCUT2D eigenvalue weighted by Gasteiger charge is 2.10. The van der Waals surface area contributed by atoms with E-state index in [4.69, 9.17) is 6.42 Å². The van der Waals surface area contributed by atoms with Crippen LogP contribution in [-0.4, -0.2) is 6.54 Å². The summed E-state index contributed by atoms with van der Waals surface area (Å²) in [4.78, 5) is 0. The summed E-state index contributed by atoms with van der Waals surface area (Å²) >= 11 is 0. The number of unbranched alkanes of at least 4 members (excludes halogenated alkanes) is 1. The molecule has 0 saturated carbocycles. The van der Waals surface area contributed by atoms with Crippen LogP contribution in [0.5, 0.6) is 0 Å². The molecule has 1 rings (SSSR count). The molecular formula is C16H23N. The summed E-state index contributed by atoms with van der Waals surface area (Å²) in [6.07, 6.45) is 8.37. The van der Waals surface area contributed by atoms with Crippen molar-refractivity contribution in [3.63, 3.8) is 0 Å². The van der Waals surface area contributed by atoms with Crippen molar-refractivity contribution in [1.82, 2.24) is 5.32 Å². The second-order valence-electron chi connectivity index (χ2n) is 4.63. The molecule has 0 bridgehead atoms. The SMILES string of the molecule is C#CCCCC(NCC)c1cc(C)cc(C)c1. The van der Waals surface area contributed by atoms with Gasteiger partial charge in [0, 0.05) is 12.5 Å². The van der Waals surface area contributed by atoms with Gasteiger partial charge < -0.3 is 5.32 Å². The fourth-order valence-corrected chi connectivity index (χ4v) is 2.25. The van der Waals surface area contributed by atoms with E-state index in [-0.39, 0.29) is 0 Å². The van der Waals surface area contributed by atoms with Crippen LogP contribution in [0.25, 0.3) is 0 Å². The molecule has 0 aliphatic carbocycles. The molecule has 17 heavy (non-hydrogen) atoms. The Morgan fingerprint density at radius 2 is 1.88 bits per heavy atom. The van der Waals surface area contributed by atoms with Gasteiger partial charge in [0.25, 0.3) is 0 Å². The first kappa shape index (κ1) is 13.8. The van der Waals surface area contributed by atoms with Crippen LogP contribution in [0.15, 0.2) is 18.2 Å². The van der Waals surface area contributed by atoms with Gasteiger partial charge in [-0.3, -0.25) is 0 Å². The van der Waals surface area contributed by atoms with Crippen LogP contribution < -0.4 is 5.32 Å². The highest BCUT2D eigenvalue weighted by molar-refractivity contribution is 5.30. The van der Waals surface area contributed by atoms with E-state index in [1.165, 1.54) is 16.7 Å². The zero-order valence-electron chi connectivity index (χ0n) is 11.2. The Bertz CT molecular complexity index is 367. The quantitative estimate of drug-likeness (QED) is 0.578. The molecule has 92 valence electrons. The minimum atomic E-state index is 0.437. The molecule has 0 spiro atoms. The number of nitrogens with one attached hydrogen (secondary N) is 1. The van der Waals surface area contributed by atoms with Crippen LogP contribution in [0, 0.1) is 26.2 Å². The summed E-state index contributed by atoms with van der Waals surface area (Å²) in [5.74, 6) is 2.71. The molecule has 1 aromatic rings. The average Bonchev–Trinajstić information content (AvgIpc) is 2.27. The second-order valence-corrected chi connectivity index (χ2v) is 4.63. The third-order valence-electron chi connectivity index (χ3n) is 2.91. The third-order valence-corrected chi connectivity index (χ3v) is 2.91. The summed E-state index contributed by atoms with van der Waals surface area (Å²) in [7, 11) is 0. The molecule has 0 radical (unpaired) electrons. The van der Waals surface area contributed by atoms with E-state index in [1.54, 1.807) is 0 Å². The lowest BCUT2D eigenvalue weighted by Crippen LogP contribution is -2.21. The molecule has 1 aromatic carbocycles. The number of hydrogen-bond acceptors (Lipinski definition) is 1. The van der Waals surface area contributed by atoms with Crippen LogP contribution in [0.3, 0.4) is 0 Å². The van der Waals surface area contributed by atoms with Crippen LogP contribution in [0.1, 0.15) is 48.9 Å². The molecule has 0 heterocycles. The highest BCUT2D eigenvalue weighted by Crippen LogP contribution is 2.21. The average molecular weight is 229 g/mol. The molecule has 0 aliphatic rings. The lowest BCUT2D eigenvalue weighted by Gasteiger charge is -2.19. The smallest absolute Gasteiger partial charge is 0.0320 e. The van der Waals surface area contributed by atoms with E-state index in [1.807, 2.05) is 0 Å². The Morgan fingerprint density at radius 1 is 1.24 bits per heavy atom. The van der Waals surface area contributed by atoms with Crippen molar-refractivity contribution in [3.8, 4) is 12.3 Å². The largest absolute Gasteiger partial charge is 0.310 e. The molecule has 0 saturated heterocycles. The number of hydrogen-bond donors (Lipinski definition) is 1. The Hall–Kier alpha value is -1.26. The van der Waals surface area contributed by atoms with Crippen molar-refractivity contribution in [2.45, 2.75) is 46.1 Å². The maximum atomic E-state index is 5.31. The van der Waals surface area contributed by atoms with Crippen molar-refractivity contribution in [2.24, 2.45) is 0 Å². The van der Waals surface area contributed by atoms with Crippen molar-refractivity contribution in [3.05, 3.63) is 34.9 Å². The predicted octanol–water partition coefficient (Wildman–Crippen LogP) is 3.76. The summed E-state index contributed by atoms with van der Waals surface area (Å²) < 4.78 is 0. The maximum absolute atomic E-state index is 5.31. The first-order chi connectivity index (χ1) is 8.17. The normalized spacial score (nSPS) is 12.1. The zero-order chi connectivity index (χ0) is 12.7. The van der Waals surface area contributed by atoms with E-state index >= 15 is 0 Å². The van der Waals surface area contributed by atoms with Gasteiger partial charge >= 0.3 is 0 Å². The zero-order valence-corrected chi connectivity index (χ0v) is 11.2. The van der Waals surface area contributed by atoms with E-state index in [9.17, 15) is 0 Å². The fraction of sp³-hybridized carbons (Fsp3) is 0.500. The van der Waals surface area contributed by atoms with E-state index < -0.39 is 0 Å². The van der Waals surface area contributed by atoms with Crippen LogP contribution in [-0.2, 0) is 0 Å². The Balaban J connectivity index is 2.77. The maximum Gasteiger partial charge on any atom is 0.0320 e. The summed E-state index contributed by atoms with van der Waals surface area (Å²) in [5.41, 5.74) is 4.06. The molecule has 1 nitrogen and oxygen atoms in total. The van der Waals surface area contributed by atoms with Gasteiger partial charge in [-0.25, -0.2) is 0 Å². The first-order valence-corrected chi connectivity index (χ1v) is 6.42. The fourth-order valence-electron chi connectivity index (χ4n) is 2.25. The summed E-state index contributed by atoms with van der Waals surface area (Å²) in [6, 6.07) is 7.20. The molecule has 1 heteroatoms. The number of benzene rings is 1. The molecule has 1 atom stereocenters. The van der Waals surface area contributed by atoms with Gasteiger partial charge in [0.1, 0.15) is 0 Å². The monoisotopic (exact) mass is 229 g/mol. The van der Waals surface area contributed by atoms with Gasteiger partial charge in [0.05, 0.1) is 0 Å². The second kappa shape index (κ2) is 7.14. The highest BCUT2D eigenvalue weighted by atomic mass is 14.9. The van der Waals surface area contributed by atoms with Crippen molar-refractivity contribution in [1.29, 1.82) is 0 Å². The molecule has 1 N–H and O–H groups in total. The van der Waals surface area contributed by atoms with Crippen molar-refractivity contribution < 1.29 is 0 Å². The van der Waals surface area contributed by atoms with Gasteiger partial charge in [0.2, 0.25) is 0 Å². The molecule has 1 unspecified atom stereocenters. The first-order valence-electron chi connectivity index (χ1n) is 6.42. The van der Waals surface area contributed by atoms with Crippen molar-refractivity contribution >= 4 is 0 Å². The Morgan fingerprint density at radius 3 is 2.41 bits per heavy atom. The van der Waals surface area contributed by atoms with Gasteiger partial charge in [-0.2, -0.15) is 0 Å². The topological polar surface area (TPSA) is 12.0 Å². The number of rotatable bonds is 6. The number of terminal acetylenes is 1. The predicted molar refractivity (Wildman–Crippen MR) is 75.0 cm³/mol.